The molecule has 2 aromatic heterocycles. The maximum absolute atomic E-state index is 14.0. The number of carbonyl (C=O) groups excluding carboxylic acids is 1. The second-order valence-corrected chi connectivity index (χ2v) is 7.58. The lowest BCUT2D eigenvalue weighted by atomic mass is 10.0. The molecule has 1 N–H and O–H groups in total. The number of ether oxygens (including phenoxy) is 2. The molecule has 0 saturated carbocycles. The molecule has 0 unspecified atom stereocenters. The molecule has 0 aliphatic carbocycles. The number of furan rings is 2. The van der Waals surface area contributed by atoms with Gasteiger partial charge in [-0.3, -0.25) is 9.59 Å². The Bertz CT molecular complexity index is 1340. The number of halogens is 2. The van der Waals surface area contributed by atoms with Crippen LogP contribution in [-0.4, -0.2) is 48.7 Å². The van der Waals surface area contributed by atoms with Gasteiger partial charge in [-0.1, -0.05) is 12.1 Å². The Kier molecular flexibility index (Phi) is 7.11. The Morgan fingerprint density at radius 1 is 1.09 bits per heavy atom. The Morgan fingerprint density at radius 2 is 1.86 bits per heavy atom. The summed E-state index contributed by atoms with van der Waals surface area (Å²) < 4.78 is 49.4. The Labute approximate surface area is 198 Å². The van der Waals surface area contributed by atoms with Crippen LogP contribution >= 0.6 is 0 Å². The van der Waals surface area contributed by atoms with Crippen LogP contribution in [0.3, 0.4) is 0 Å². The van der Waals surface area contributed by atoms with Gasteiger partial charge in [0.1, 0.15) is 30.2 Å². The molecule has 0 saturated heterocycles. The van der Waals surface area contributed by atoms with E-state index in [1.807, 2.05) is 0 Å². The van der Waals surface area contributed by atoms with Crippen LogP contribution in [0.25, 0.3) is 22.1 Å². The number of benzene rings is 2. The molecule has 8 nitrogen and oxygen atoms in total. The van der Waals surface area contributed by atoms with Gasteiger partial charge in [0.2, 0.25) is 0 Å². The summed E-state index contributed by atoms with van der Waals surface area (Å²) in [5.41, 5.74) is 1.26. The molecule has 1 amide bonds. The van der Waals surface area contributed by atoms with Crippen molar-refractivity contribution < 1.29 is 41.8 Å². The second-order valence-electron chi connectivity index (χ2n) is 7.58. The van der Waals surface area contributed by atoms with Crippen LogP contribution in [0.5, 0.6) is 5.75 Å². The number of hydrogen-bond acceptors (Lipinski definition) is 6. The molecule has 0 aliphatic rings. The van der Waals surface area contributed by atoms with E-state index in [9.17, 15) is 18.4 Å². The lowest BCUT2D eigenvalue weighted by Crippen LogP contribution is -2.37. The second kappa shape index (κ2) is 10.4. The molecule has 10 heteroatoms. The van der Waals surface area contributed by atoms with Gasteiger partial charge in [-0.05, 0) is 42.0 Å². The van der Waals surface area contributed by atoms with E-state index in [4.69, 9.17) is 23.4 Å². The summed E-state index contributed by atoms with van der Waals surface area (Å²) in [5.74, 6) is -2.83. The Balaban J connectivity index is 1.42. The van der Waals surface area contributed by atoms with Crippen molar-refractivity contribution >= 4 is 22.8 Å². The van der Waals surface area contributed by atoms with E-state index in [0.717, 1.165) is 11.0 Å². The van der Waals surface area contributed by atoms with Gasteiger partial charge in [0.15, 0.2) is 17.4 Å². The number of carbonyl (C=O) groups is 2. The lowest BCUT2D eigenvalue weighted by Gasteiger charge is -2.18. The van der Waals surface area contributed by atoms with E-state index in [2.05, 4.69) is 0 Å². The van der Waals surface area contributed by atoms with Crippen molar-refractivity contribution in [2.24, 2.45) is 0 Å². The first kappa shape index (κ1) is 24.0. The fourth-order valence-corrected chi connectivity index (χ4v) is 3.52. The predicted octanol–water partition coefficient (Wildman–Crippen LogP) is 4.72. The molecular weight excluding hydrogens is 464 g/mol. The first-order valence-corrected chi connectivity index (χ1v) is 10.5. The average Bonchev–Trinajstić information content (AvgIpc) is 3.53. The van der Waals surface area contributed by atoms with E-state index in [-0.39, 0.29) is 36.5 Å². The molecule has 0 spiro atoms. The minimum absolute atomic E-state index is 0.0111. The lowest BCUT2D eigenvalue weighted by molar-refractivity contribution is -0.137. The summed E-state index contributed by atoms with van der Waals surface area (Å²) >= 11 is 0. The molecule has 4 rings (SSSR count). The van der Waals surface area contributed by atoms with Gasteiger partial charge < -0.3 is 28.3 Å². The zero-order valence-corrected chi connectivity index (χ0v) is 18.6. The van der Waals surface area contributed by atoms with Crippen LogP contribution in [0.2, 0.25) is 0 Å². The molecular formula is C25H21F2NO7. The van der Waals surface area contributed by atoms with Crippen molar-refractivity contribution in [2.45, 2.75) is 6.61 Å². The molecule has 35 heavy (non-hydrogen) atoms. The highest BCUT2D eigenvalue weighted by atomic mass is 19.2. The number of hydrogen-bond donors (Lipinski definition) is 1. The van der Waals surface area contributed by atoms with E-state index in [1.54, 1.807) is 30.3 Å². The van der Waals surface area contributed by atoms with Crippen LogP contribution in [0.1, 0.15) is 16.3 Å². The third-order valence-corrected chi connectivity index (χ3v) is 5.22. The summed E-state index contributed by atoms with van der Waals surface area (Å²) in [6.45, 7) is -0.189. The summed E-state index contributed by atoms with van der Waals surface area (Å²) in [4.78, 5) is 24.7. The smallest absolute Gasteiger partial charge is 0.323 e. The maximum atomic E-state index is 14.0. The minimum atomic E-state index is -1.15. The van der Waals surface area contributed by atoms with Crippen molar-refractivity contribution in [1.29, 1.82) is 0 Å². The number of aliphatic carboxylic acids is 1. The maximum Gasteiger partial charge on any atom is 0.323 e. The first-order valence-electron chi connectivity index (χ1n) is 10.5. The molecule has 0 bridgehead atoms. The standard InChI is InChI=1S/C25H21F2NO7/c1-32-11-9-28(13-22(29)30)25(31)21-7-6-17(35-21)14-34-16-4-2-15(3-5-16)19-12-20(26)23(27)18-8-10-33-24(18)19/h2-8,10,12H,9,11,13-14H2,1H3,(H,29,30). The van der Waals surface area contributed by atoms with Crippen LogP contribution in [0, 0.1) is 11.6 Å². The molecule has 2 aromatic carbocycles. The van der Waals surface area contributed by atoms with Crippen LogP contribution in [0.15, 0.2) is 63.6 Å². The minimum Gasteiger partial charge on any atom is -0.486 e. The number of carboxylic acid groups (broad SMARTS) is 1. The van der Waals surface area contributed by atoms with E-state index in [0.29, 0.717) is 22.6 Å². The van der Waals surface area contributed by atoms with Crippen molar-refractivity contribution in [1.82, 2.24) is 4.90 Å². The predicted molar refractivity (Wildman–Crippen MR) is 120 cm³/mol. The summed E-state index contributed by atoms with van der Waals surface area (Å²) in [7, 11) is 1.45. The van der Waals surface area contributed by atoms with Gasteiger partial charge in [0.25, 0.3) is 5.91 Å². The van der Waals surface area contributed by atoms with Crippen molar-refractivity contribution in [2.75, 3.05) is 26.8 Å². The van der Waals surface area contributed by atoms with E-state index < -0.39 is 30.1 Å². The number of fused-ring (bicyclic) bond motifs is 1. The first-order chi connectivity index (χ1) is 16.9. The van der Waals surface area contributed by atoms with Crippen molar-refractivity contribution in [3.63, 3.8) is 0 Å². The van der Waals surface area contributed by atoms with Gasteiger partial charge >= 0.3 is 5.97 Å². The number of amides is 1. The third kappa shape index (κ3) is 5.33. The highest BCUT2D eigenvalue weighted by Gasteiger charge is 2.22. The van der Waals surface area contributed by atoms with Gasteiger partial charge in [0, 0.05) is 19.2 Å². The molecule has 182 valence electrons. The van der Waals surface area contributed by atoms with Crippen LogP contribution in [-0.2, 0) is 16.1 Å². The Hall–Kier alpha value is -4.18. The molecule has 0 radical (unpaired) electrons. The fourth-order valence-electron chi connectivity index (χ4n) is 3.52. The topological polar surface area (TPSA) is 102 Å². The number of carboxylic acids is 1. The Morgan fingerprint density at radius 3 is 2.57 bits per heavy atom. The molecule has 0 aliphatic heterocycles. The fraction of sp³-hybridized carbons (Fsp3) is 0.200. The monoisotopic (exact) mass is 485 g/mol. The SMILES string of the molecule is COCCN(CC(=O)O)C(=O)c1ccc(COc2ccc(-c3cc(F)c(F)c4ccoc34)cc2)o1. The molecule has 0 fully saturated rings. The van der Waals surface area contributed by atoms with Gasteiger partial charge in [-0.25, -0.2) is 8.78 Å². The highest BCUT2D eigenvalue weighted by Crippen LogP contribution is 2.33. The molecule has 2 heterocycles. The summed E-state index contributed by atoms with van der Waals surface area (Å²) in [6.07, 6.45) is 1.30. The zero-order chi connectivity index (χ0) is 24.9. The molecule has 0 atom stereocenters. The van der Waals surface area contributed by atoms with Gasteiger partial charge in [-0.15, -0.1) is 0 Å². The number of rotatable bonds is 10. The van der Waals surface area contributed by atoms with E-state index in [1.165, 1.54) is 25.5 Å². The molecule has 4 aromatic rings. The van der Waals surface area contributed by atoms with Crippen LogP contribution < -0.4 is 4.74 Å². The van der Waals surface area contributed by atoms with Crippen molar-refractivity contribution in [3.8, 4) is 16.9 Å². The quantitative estimate of drug-likeness (QED) is 0.347. The summed E-state index contributed by atoms with van der Waals surface area (Å²) in [6, 6.07) is 12.1. The summed E-state index contributed by atoms with van der Waals surface area (Å²) in [5, 5.41) is 9.09. The van der Waals surface area contributed by atoms with Gasteiger partial charge in [-0.2, -0.15) is 0 Å². The van der Waals surface area contributed by atoms with Crippen molar-refractivity contribution in [3.05, 3.63) is 77.9 Å². The van der Waals surface area contributed by atoms with Crippen LogP contribution in [0.4, 0.5) is 8.78 Å². The normalized spacial score (nSPS) is 11.1. The average molecular weight is 485 g/mol. The third-order valence-electron chi connectivity index (χ3n) is 5.22. The van der Waals surface area contributed by atoms with E-state index >= 15 is 0 Å². The highest BCUT2D eigenvalue weighted by molar-refractivity contribution is 5.94. The largest absolute Gasteiger partial charge is 0.486 e. The zero-order valence-electron chi connectivity index (χ0n) is 18.6. The number of methoxy groups -OCH3 is 1. The number of nitrogens with zero attached hydrogens (tertiary/aromatic N) is 1. The van der Waals surface area contributed by atoms with Gasteiger partial charge in [0.05, 0.1) is 18.3 Å².